The van der Waals surface area contributed by atoms with E-state index in [-0.39, 0.29) is 5.91 Å². The Morgan fingerprint density at radius 3 is 2.88 bits per heavy atom. The van der Waals surface area contributed by atoms with E-state index in [0.717, 1.165) is 36.8 Å². The molecule has 3 rings (SSSR count). The van der Waals surface area contributed by atoms with Gasteiger partial charge >= 0.3 is 0 Å². The van der Waals surface area contributed by atoms with Crippen molar-refractivity contribution >= 4 is 21.8 Å². The molecular formula is C18H23BrN4O. The molecule has 5 nitrogen and oxygen atoms in total. The average Bonchev–Trinajstić information content (AvgIpc) is 3.11. The summed E-state index contributed by atoms with van der Waals surface area (Å²) in [7, 11) is 1.84. The minimum absolute atomic E-state index is 0.0189. The summed E-state index contributed by atoms with van der Waals surface area (Å²) in [6.07, 6.45) is 5.03. The van der Waals surface area contributed by atoms with Gasteiger partial charge in [0, 0.05) is 30.8 Å². The Morgan fingerprint density at radius 2 is 2.17 bits per heavy atom. The fourth-order valence-electron chi connectivity index (χ4n) is 2.96. The van der Waals surface area contributed by atoms with Crippen LogP contribution in [0.3, 0.4) is 0 Å². The Balaban J connectivity index is 1.57. The minimum atomic E-state index is -0.0189. The first kappa shape index (κ1) is 17.2. The van der Waals surface area contributed by atoms with Gasteiger partial charge in [0.1, 0.15) is 5.69 Å². The molecule has 1 aliphatic rings. The predicted octanol–water partition coefficient (Wildman–Crippen LogP) is 2.88. The van der Waals surface area contributed by atoms with Crippen LogP contribution in [-0.4, -0.2) is 47.3 Å². The molecule has 1 aromatic carbocycles. The average molecular weight is 391 g/mol. The summed E-state index contributed by atoms with van der Waals surface area (Å²) in [5.41, 5.74) is 1.75. The normalized spacial score (nSPS) is 17.7. The van der Waals surface area contributed by atoms with Crippen LogP contribution in [0.1, 0.15) is 34.9 Å². The van der Waals surface area contributed by atoms with E-state index in [2.05, 4.69) is 38.5 Å². The molecule has 1 atom stereocenters. The number of aromatic nitrogens is 2. The van der Waals surface area contributed by atoms with Crippen LogP contribution in [0.15, 0.2) is 41.0 Å². The summed E-state index contributed by atoms with van der Waals surface area (Å²) in [4.78, 5) is 14.3. The van der Waals surface area contributed by atoms with Crippen molar-refractivity contribution in [1.82, 2.24) is 20.0 Å². The number of likely N-dealkylation sites (N-methyl/N-ethyl adjacent to an activating group) is 1. The molecule has 1 fully saturated rings. The van der Waals surface area contributed by atoms with E-state index in [1.54, 1.807) is 4.90 Å². The molecule has 1 aromatic heterocycles. The standard InChI is InChI=1S/C18H23BrN4O/c1-22(11-8-14-4-6-15(19)7-5-14)18(24)17-9-12-23(21-17)16-3-2-10-20-13-16/h4-7,9,12,16,20H,2-3,8,10-11,13H2,1H3. The molecule has 0 aliphatic carbocycles. The highest BCUT2D eigenvalue weighted by molar-refractivity contribution is 9.10. The summed E-state index contributed by atoms with van der Waals surface area (Å²) in [6.45, 7) is 2.68. The first-order valence-corrected chi connectivity index (χ1v) is 9.18. The zero-order valence-electron chi connectivity index (χ0n) is 13.9. The number of halogens is 1. The summed E-state index contributed by atoms with van der Waals surface area (Å²) in [6, 6.07) is 10.4. The van der Waals surface area contributed by atoms with Gasteiger partial charge in [0.2, 0.25) is 0 Å². The van der Waals surface area contributed by atoms with E-state index in [9.17, 15) is 4.79 Å². The molecule has 0 spiro atoms. The number of nitrogens with zero attached hydrogens (tertiary/aromatic N) is 3. The number of carbonyl (C=O) groups excluding carboxylic acids is 1. The maximum absolute atomic E-state index is 12.5. The molecule has 24 heavy (non-hydrogen) atoms. The minimum Gasteiger partial charge on any atom is -0.340 e. The Hall–Kier alpha value is -1.66. The quantitative estimate of drug-likeness (QED) is 0.853. The van der Waals surface area contributed by atoms with Crippen LogP contribution in [-0.2, 0) is 6.42 Å². The van der Waals surface area contributed by atoms with Gasteiger partial charge in [-0.1, -0.05) is 28.1 Å². The van der Waals surface area contributed by atoms with E-state index in [1.807, 2.05) is 36.1 Å². The lowest BCUT2D eigenvalue weighted by atomic mass is 10.1. The molecular weight excluding hydrogens is 368 g/mol. The SMILES string of the molecule is CN(CCc1ccc(Br)cc1)C(=O)c1ccn(C2CCCNC2)n1. The van der Waals surface area contributed by atoms with Gasteiger partial charge in [-0.2, -0.15) is 5.10 Å². The summed E-state index contributed by atoms with van der Waals surface area (Å²) < 4.78 is 3.00. The molecule has 0 saturated carbocycles. The summed E-state index contributed by atoms with van der Waals surface area (Å²) >= 11 is 3.43. The Bertz CT molecular complexity index is 677. The highest BCUT2D eigenvalue weighted by atomic mass is 79.9. The molecule has 2 aromatic rings. The van der Waals surface area contributed by atoms with Crippen molar-refractivity contribution in [2.24, 2.45) is 0 Å². The summed E-state index contributed by atoms with van der Waals surface area (Å²) in [5.74, 6) is -0.0189. The lowest BCUT2D eigenvalue weighted by Gasteiger charge is -2.23. The molecule has 1 aliphatic heterocycles. The highest BCUT2D eigenvalue weighted by Gasteiger charge is 2.19. The number of rotatable bonds is 5. The second kappa shape index (κ2) is 7.94. The second-order valence-electron chi connectivity index (χ2n) is 6.28. The third-order valence-corrected chi connectivity index (χ3v) is 5.00. The molecule has 6 heteroatoms. The third-order valence-electron chi connectivity index (χ3n) is 4.47. The smallest absolute Gasteiger partial charge is 0.274 e. The van der Waals surface area contributed by atoms with Crippen molar-refractivity contribution in [2.45, 2.75) is 25.3 Å². The lowest BCUT2D eigenvalue weighted by Crippen LogP contribution is -2.32. The largest absolute Gasteiger partial charge is 0.340 e. The van der Waals surface area contributed by atoms with E-state index in [0.29, 0.717) is 18.3 Å². The number of carbonyl (C=O) groups is 1. The van der Waals surface area contributed by atoms with Gasteiger partial charge in [-0.3, -0.25) is 9.48 Å². The molecule has 1 saturated heterocycles. The fraction of sp³-hybridized carbons (Fsp3) is 0.444. The first-order valence-electron chi connectivity index (χ1n) is 8.39. The van der Waals surface area contributed by atoms with Crippen LogP contribution in [0.4, 0.5) is 0 Å². The van der Waals surface area contributed by atoms with Crippen molar-refractivity contribution in [2.75, 3.05) is 26.7 Å². The second-order valence-corrected chi connectivity index (χ2v) is 7.20. The topological polar surface area (TPSA) is 50.2 Å². The number of benzene rings is 1. The van der Waals surface area contributed by atoms with E-state index in [4.69, 9.17) is 0 Å². The molecule has 2 heterocycles. The van der Waals surface area contributed by atoms with Gasteiger partial charge in [0.05, 0.1) is 6.04 Å². The number of hydrogen-bond acceptors (Lipinski definition) is 3. The van der Waals surface area contributed by atoms with Gasteiger partial charge in [0.15, 0.2) is 0 Å². The predicted molar refractivity (Wildman–Crippen MR) is 98.2 cm³/mol. The van der Waals surface area contributed by atoms with Crippen molar-refractivity contribution in [1.29, 1.82) is 0 Å². The zero-order chi connectivity index (χ0) is 16.9. The molecule has 1 unspecified atom stereocenters. The maximum Gasteiger partial charge on any atom is 0.274 e. The van der Waals surface area contributed by atoms with Gasteiger partial charge in [-0.05, 0) is 49.6 Å². The van der Waals surface area contributed by atoms with Gasteiger partial charge < -0.3 is 10.2 Å². The van der Waals surface area contributed by atoms with E-state index in [1.165, 1.54) is 5.56 Å². The maximum atomic E-state index is 12.5. The van der Waals surface area contributed by atoms with Gasteiger partial charge in [-0.25, -0.2) is 0 Å². The highest BCUT2D eigenvalue weighted by Crippen LogP contribution is 2.16. The molecule has 128 valence electrons. The molecule has 1 N–H and O–H groups in total. The van der Waals surface area contributed by atoms with E-state index < -0.39 is 0 Å². The van der Waals surface area contributed by atoms with Crippen LogP contribution in [0.25, 0.3) is 0 Å². The van der Waals surface area contributed by atoms with Crippen molar-refractivity contribution < 1.29 is 4.79 Å². The molecule has 1 amide bonds. The van der Waals surface area contributed by atoms with Crippen LogP contribution in [0.2, 0.25) is 0 Å². The van der Waals surface area contributed by atoms with Crippen LogP contribution >= 0.6 is 15.9 Å². The molecule has 0 radical (unpaired) electrons. The zero-order valence-corrected chi connectivity index (χ0v) is 15.5. The lowest BCUT2D eigenvalue weighted by molar-refractivity contribution is 0.0789. The Morgan fingerprint density at radius 1 is 1.38 bits per heavy atom. The number of amides is 1. The number of hydrogen-bond donors (Lipinski definition) is 1. The van der Waals surface area contributed by atoms with Crippen molar-refractivity contribution in [3.8, 4) is 0 Å². The van der Waals surface area contributed by atoms with Crippen molar-refractivity contribution in [3.63, 3.8) is 0 Å². The monoisotopic (exact) mass is 390 g/mol. The Labute approximate surface area is 151 Å². The number of nitrogens with one attached hydrogen (secondary N) is 1. The van der Waals surface area contributed by atoms with E-state index >= 15 is 0 Å². The molecule has 0 bridgehead atoms. The fourth-order valence-corrected chi connectivity index (χ4v) is 3.22. The van der Waals surface area contributed by atoms with Gasteiger partial charge in [0.25, 0.3) is 5.91 Å². The number of piperidine rings is 1. The van der Waals surface area contributed by atoms with Crippen molar-refractivity contribution in [3.05, 3.63) is 52.3 Å². The van der Waals surface area contributed by atoms with Crippen LogP contribution < -0.4 is 5.32 Å². The third kappa shape index (κ3) is 4.24. The van der Waals surface area contributed by atoms with Crippen LogP contribution in [0.5, 0.6) is 0 Å². The first-order chi connectivity index (χ1) is 11.6. The Kier molecular flexibility index (Phi) is 5.68. The van der Waals surface area contributed by atoms with Crippen LogP contribution in [0, 0.1) is 0 Å². The van der Waals surface area contributed by atoms with Gasteiger partial charge in [-0.15, -0.1) is 0 Å². The summed E-state index contributed by atoms with van der Waals surface area (Å²) in [5, 5.41) is 7.88.